The molecule has 148 valence electrons. The molecule has 0 saturated carbocycles. The molecular formula is C24H23ClN2O2. The lowest BCUT2D eigenvalue weighted by molar-refractivity contribution is -0.114. The molecule has 0 heterocycles. The number of carbonyl (C=O) groups excluding carboxylic acids is 2. The molecule has 0 aromatic heterocycles. The Morgan fingerprint density at radius 1 is 0.966 bits per heavy atom. The normalized spacial score (nSPS) is 11.6. The van der Waals surface area contributed by atoms with Crippen molar-refractivity contribution in [2.45, 2.75) is 26.4 Å². The van der Waals surface area contributed by atoms with Gasteiger partial charge in [-0.15, -0.1) is 0 Å². The van der Waals surface area contributed by atoms with E-state index >= 15 is 0 Å². The largest absolute Gasteiger partial charge is 0.328 e. The van der Waals surface area contributed by atoms with E-state index in [2.05, 4.69) is 5.32 Å². The summed E-state index contributed by atoms with van der Waals surface area (Å²) in [4.78, 5) is 26.6. The Morgan fingerprint density at radius 3 is 2.31 bits per heavy atom. The van der Waals surface area contributed by atoms with Gasteiger partial charge in [0.15, 0.2) is 0 Å². The maximum Gasteiger partial charge on any atom is 0.254 e. The number of anilines is 1. The van der Waals surface area contributed by atoms with Crippen molar-refractivity contribution in [2.24, 2.45) is 0 Å². The Morgan fingerprint density at radius 2 is 1.66 bits per heavy atom. The number of hydrogen-bond donors (Lipinski definition) is 1. The molecule has 1 unspecified atom stereocenters. The van der Waals surface area contributed by atoms with Gasteiger partial charge in [-0.05, 0) is 54.4 Å². The van der Waals surface area contributed by atoms with E-state index in [1.54, 1.807) is 24.3 Å². The summed E-state index contributed by atoms with van der Waals surface area (Å²) < 4.78 is 0. The van der Waals surface area contributed by atoms with Crippen molar-refractivity contribution < 1.29 is 9.59 Å². The third-order valence-electron chi connectivity index (χ3n) is 4.70. The van der Waals surface area contributed by atoms with Gasteiger partial charge in [0.2, 0.25) is 5.91 Å². The third kappa shape index (κ3) is 5.46. The van der Waals surface area contributed by atoms with Crippen LogP contribution in [0.2, 0.25) is 5.02 Å². The second-order valence-electron chi connectivity index (χ2n) is 6.91. The monoisotopic (exact) mass is 406 g/mol. The molecule has 1 atom stereocenters. The molecule has 1 N–H and O–H groups in total. The molecule has 3 aromatic rings. The number of rotatable bonds is 6. The Kier molecular flexibility index (Phi) is 6.68. The summed E-state index contributed by atoms with van der Waals surface area (Å²) in [7, 11) is 0. The minimum absolute atomic E-state index is 0.0806. The lowest BCUT2D eigenvalue weighted by atomic mass is 10.0. The molecular weight excluding hydrogens is 384 g/mol. The number of benzene rings is 3. The number of nitrogens with one attached hydrogen (secondary N) is 1. The van der Waals surface area contributed by atoms with Crippen molar-refractivity contribution in [3.05, 3.63) is 101 Å². The average molecular weight is 407 g/mol. The summed E-state index contributed by atoms with van der Waals surface area (Å²) >= 11 is 5.98. The maximum absolute atomic E-state index is 13.4. The molecule has 3 aromatic carbocycles. The summed E-state index contributed by atoms with van der Waals surface area (Å²) in [5.41, 5.74) is 3.27. The van der Waals surface area contributed by atoms with Gasteiger partial charge in [-0.1, -0.05) is 54.1 Å². The fraction of sp³-hybridized carbons (Fsp3) is 0.167. The first-order chi connectivity index (χ1) is 13.9. The van der Waals surface area contributed by atoms with Crippen molar-refractivity contribution >= 4 is 29.1 Å². The lowest BCUT2D eigenvalue weighted by Gasteiger charge is -2.30. The van der Waals surface area contributed by atoms with Crippen LogP contribution >= 0.6 is 11.6 Å². The van der Waals surface area contributed by atoms with Crippen LogP contribution in [0.4, 0.5) is 5.69 Å². The van der Waals surface area contributed by atoms with E-state index in [1.807, 2.05) is 66.4 Å². The predicted octanol–water partition coefficient (Wildman–Crippen LogP) is 5.70. The molecule has 29 heavy (non-hydrogen) atoms. The topological polar surface area (TPSA) is 49.4 Å². The lowest BCUT2D eigenvalue weighted by Crippen LogP contribution is -2.33. The van der Waals surface area contributed by atoms with Crippen LogP contribution < -0.4 is 5.32 Å². The minimum atomic E-state index is -0.202. The summed E-state index contributed by atoms with van der Waals surface area (Å²) in [5.74, 6) is -0.212. The van der Waals surface area contributed by atoms with Gasteiger partial charge < -0.3 is 10.2 Å². The molecule has 0 saturated heterocycles. The van der Waals surface area contributed by atoms with Crippen LogP contribution in [0.1, 0.15) is 41.4 Å². The van der Waals surface area contributed by atoms with Crippen LogP contribution in [0, 0.1) is 0 Å². The standard InChI is InChI=1S/C24H23ClN2O2/c1-17(21-9-6-10-23(15-21)26-18(2)28)27(16-19-7-4-3-5-8-19)24(29)20-11-13-22(25)14-12-20/h3-15,17H,16H2,1-2H3,(H,26,28). The van der Waals surface area contributed by atoms with E-state index in [0.29, 0.717) is 22.8 Å². The number of carbonyl (C=O) groups is 2. The highest BCUT2D eigenvalue weighted by atomic mass is 35.5. The van der Waals surface area contributed by atoms with E-state index < -0.39 is 0 Å². The first-order valence-electron chi connectivity index (χ1n) is 9.42. The van der Waals surface area contributed by atoms with Gasteiger partial charge in [0, 0.05) is 29.7 Å². The quantitative estimate of drug-likeness (QED) is 0.570. The molecule has 0 aliphatic rings. The molecule has 5 heteroatoms. The highest BCUT2D eigenvalue weighted by Crippen LogP contribution is 2.27. The second-order valence-corrected chi connectivity index (χ2v) is 7.34. The number of nitrogens with zero attached hydrogens (tertiary/aromatic N) is 1. The van der Waals surface area contributed by atoms with Gasteiger partial charge in [0.1, 0.15) is 0 Å². The molecule has 4 nitrogen and oxygen atoms in total. The van der Waals surface area contributed by atoms with Gasteiger partial charge in [0.05, 0.1) is 6.04 Å². The summed E-state index contributed by atoms with van der Waals surface area (Å²) in [5, 5.41) is 3.39. The Labute approximate surface area is 176 Å². The molecule has 3 rings (SSSR count). The van der Waals surface area contributed by atoms with Gasteiger partial charge in [-0.3, -0.25) is 9.59 Å². The highest BCUT2D eigenvalue weighted by Gasteiger charge is 2.23. The SMILES string of the molecule is CC(=O)Nc1cccc(C(C)N(Cc2ccccc2)C(=O)c2ccc(Cl)cc2)c1. The zero-order valence-electron chi connectivity index (χ0n) is 16.4. The maximum atomic E-state index is 13.4. The van der Waals surface area contributed by atoms with Crippen LogP contribution in [0.5, 0.6) is 0 Å². The van der Waals surface area contributed by atoms with Crippen molar-refractivity contribution in [1.82, 2.24) is 4.90 Å². The molecule has 0 spiro atoms. The van der Waals surface area contributed by atoms with Crippen molar-refractivity contribution in [2.75, 3.05) is 5.32 Å². The van der Waals surface area contributed by atoms with Crippen LogP contribution in [-0.4, -0.2) is 16.7 Å². The van der Waals surface area contributed by atoms with Crippen LogP contribution in [0.3, 0.4) is 0 Å². The van der Waals surface area contributed by atoms with E-state index in [9.17, 15) is 9.59 Å². The highest BCUT2D eigenvalue weighted by molar-refractivity contribution is 6.30. The minimum Gasteiger partial charge on any atom is -0.328 e. The Bertz CT molecular complexity index is 987. The summed E-state index contributed by atoms with van der Waals surface area (Å²) in [6.45, 7) is 3.93. The van der Waals surface area contributed by atoms with E-state index in [0.717, 1.165) is 11.1 Å². The van der Waals surface area contributed by atoms with E-state index in [4.69, 9.17) is 11.6 Å². The van der Waals surface area contributed by atoms with Gasteiger partial charge >= 0.3 is 0 Å². The number of hydrogen-bond acceptors (Lipinski definition) is 2. The summed E-state index contributed by atoms with van der Waals surface area (Å²) in [6, 6.07) is 24.2. The van der Waals surface area contributed by atoms with Crippen LogP contribution in [0.25, 0.3) is 0 Å². The van der Waals surface area contributed by atoms with Gasteiger partial charge in [-0.25, -0.2) is 0 Å². The Hall–Kier alpha value is -3.11. The van der Waals surface area contributed by atoms with Gasteiger partial charge in [0.25, 0.3) is 5.91 Å². The molecule has 0 bridgehead atoms. The molecule has 0 aliphatic carbocycles. The van der Waals surface area contributed by atoms with Crippen molar-refractivity contribution in [1.29, 1.82) is 0 Å². The first kappa shape index (κ1) is 20.6. The zero-order valence-corrected chi connectivity index (χ0v) is 17.2. The predicted molar refractivity (Wildman–Crippen MR) is 117 cm³/mol. The first-order valence-corrected chi connectivity index (χ1v) is 9.80. The van der Waals surface area contributed by atoms with Gasteiger partial charge in [-0.2, -0.15) is 0 Å². The fourth-order valence-corrected chi connectivity index (χ4v) is 3.31. The molecule has 0 fully saturated rings. The summed E-state index contributed by atoms with van der Waals surface area (Å²) in [6.07, 6.45) is 0. The second kappa shape index (κ2) is 9.39. The van der Waals surface area contributed by atoms with E-state index in [-0.39, 0.29) is 17.9 Å². The zero-order chi connectivity index (χ0) is 20.8. The molecule has 0 radical (unpaired) electrons. The fourth-order valence-electron chi connectivity index (χ4n) is 3.18. The van der Waals surface area contributed by atoms with E-state index in [1.165, 1.54) is 6.92 Å². The number of halogens is 1. The Balaban J connectivity index is 1.94. The van der Waals surface area contributed by atoms with Crippen LogP contribution in [-0.2, 0) is 11.3 Å². The average Bonchev–Trinajstić information content (AvgIpc) is 2.72. The molecule has 2 amide bonds. The molecule has 0 aliphatic heterocycles. The smallest absolute Gasteiger partial charge is 0.254 e. The third-order valence-corrected chi connectivity index (χ3v) is 4.96. The number of amides is 2. The van der Waals surface area contributed by atoms with Crippen molar-refractivity contribution in [3.8, 4) is 0 Å². The van der Waals surface area contributed by atoms with Crippen molar-refractivity contribution in [3.63, 3.8) is 0 Å². The van der Waals surface area contributed by atoms with Crippen LogP contribution in [0.15, 0.2) is 78.9 Å².